The quantitative estimate of drug-likeness (QED) is 0.681. The molecule has 0 saturated heterocycles. The summed E-state index contributed by atoms with van der Waals surface area (Å²) in [4.78, 5) is 0. The highest BCUT2D eigenvalue weighted by Crippen LogP contribution is 1.97. The van der Waals surface area contributed by atoms with Gasteiger partial charge in [-0.3, -0.25) is 0 Å². The maximum atomic E-state index is 11.4. The van der Waals surface area contributed by atoms with Crippen LogP contribution in [0.25, 0.3) is 0 Å². The van der Waals surface area contributed by atoms with Gasteiger partial charge in [-0.2, -0.15) is 18.4 Å². The summed E-state index contributed by atoms with van der Waals surface area (Å²) in [6.45, 7) is 6.10. The smallest absolute Gasteiger partial charge is 0.202 e. The van der Waals surface area contributed by atoms with Gasteiger partial charge in [0.25, 0.3) is 10.2 Å². The van der Waals surface area contributed by atoms with E-state index >= 15 is 0 Å². The van der Waals surface area contributed by atoms with Gasteiger partial charge in [0.05, 0.1) is 6.07 Å². The van der Waals surface area contributed by atoms with Crippen molar-refractivity contribution in [2.24, 2.45) is 5.92 Å². The van der Waals surface area contributed by atoms with E-state index < -0.39 is 16.3 Å². The summed E-state index contributed by atoms with van der Waals surface area (Å²) in [5, 5.41) is 8.69. The van der Waals surface area contributed by atoms with Gasteiger partial charge in [-0.25, -0.2) is 4.72 Å². The maximum Gasteiger partial charge on any atom is 0.278 e. The fraction of sp³-hybridized carbons (Fsp3) is 0.889. The van der Waals surface area contributed by atoms with Gasteiger partial charge in [0.15, 0.2) is 0 Å². The van der Waals surface area contributed by atoms with Crippen LogP contribution in [0.15, 0.2) is 0 Å². The summed E-state index contributed by atoms with van der Waals surface area (Å²) in [5.41, 5.74) is 0. The summed E-state index contributed by atoms with van der Waals surface area (Å²) in [5.74, 6) is 0.244. The van der Waals surface area contributed by atoms with Gasteiger partial charge in [0, 0.05) is 6.54 Å². The molecule has 0 aromatic heterocycles. The molecule has 0 amide bonds. The molecule has 0 spiro atoms. The average Bonchev–Trinajstić information content (AvgIpc) is 2.14. The van der Waals surface area contributed by atoms with Gasteiger partial charge in [-0.05, 0) is 12.3 Å². The molecule has 0 aliphatic carbocycles. The SMILES string of the molecule is CCCC(C#N)NS(=O)(=O)NCC(C)C. The first-order chi connectivity index (χ1) is 6.91. The number of rotatable bonds is 7. The lowest BCUT2D eigenvalue weighted by molar-refractivity contribution is 0.534. The third-order valence-electron chi connectivity index (χ3n) is 1.71. The Kier molecular flexibility index (Phi) is 6.48. The molecule has 0 heterocycles. The monoisotopic (exact) mass is 233 g/mol. The van der Waals surface area contributed by atoms with Crippen LogP contribution in [0.5, 0.6) is 0 Å². The van der Waals surface area contributed by atoms with Gasteiger partial charge in [0.2, 0.25) is 0 Å². The predicted octanol–water partition coefficient (Wildman–Crippen LogP) is 0.759. The molecule has 0 bridgehead atoms. The minimum atomic E-state index is -3.53. The molecule has 88 valence electrons. The highest BCUT2D eigenvalue weighted by atomic mass is 32.2. The molecule has 0 aliphatic heterocycles. The molecule has 6 heteroatoms. The maximum absolute atomic E-state index is 11.4. The third kappa shape index (κ3) is 7.31. The second kappa shape index (κ2) is 6.77. The Morgan fingerprint density at radius 1 is 1.40 bits per heavy atom. The van der Waals surface area contributed by atoms with Crippen molar-refractivity contribution in [2.75, 3.05) is 6.54 Å². The second-order valence-electron chi connectivity index (χ2n) is 3.83. The van der Waals surface area contributed by atoms with Crippen molar-refractivity contribution in [1.82, 2.24) is 9.44 Å². The van der Waals surface area contributed by atoms with Crippen LogP contribution in [-0.2, 0) is 10.2 Å². The molecule has 5 nitrogen and oxygen atoms in total. The molecule has 0 fully saturated rings. The van der Waals surface area contributed by atoms with E-state index in [0.29, 0.717) is 13.0 Å². The van der Waals surface area contributed by atoms with E-state index in [0.717, 1.165) is 6.42 Å². The van der Waals surface area contributed by atoms with E-state index in [1.54, 1.807) is 0 Å². The number of hydrogen-bond donors (Lipinski definition) is 2. The van der Waals surface area contributed by atoms with E-state index in [2.05, 4.69) is 9.44 Å². The lowest BCUT2D eigenvalue weighted by atomic mass is 10.2. The van der Waals surface area contributed by atoms with Gasteiger partial charge >= 0.3 is 0 Å². The van der Waals surface area contributed by atoms with E-state index in [1.807, 2.05) is 26.8 Å². The Labute approximate surface area is 92.0 Å². The molecule has 0 saturated carbocycles. The molecule has 0 aromatic carbocycles. The summed E-state index contributed by atoms with van der Waals surface area (Å²) in [6.07, 6.45) is 1.30. The van der Waals surface area contributed by atoms with Crippen molar-refractivity contribution in [3.8, 4) is 6.07 Å². The zero-order valence-corrected chi connectivity index (χ0v) is 10.3. The van der Waals surface area contributed by atoms with Gasteiger partial charge in [0.1, 0.15) is 6.04 Å². The molecule has 0 radical (unpaired) electrons. The van der Waals surface area contributed by atoms with Crippen LogP contribution >= 0.6 is 0 Å². The summed E-state index contributed by atoms with van der Waals surface area (Å²) in [6, 6.07) is 1.28. The topological polar surface area (TPSA) is 82.0 Å². The van der Waals surface area contributed by atoms with Gasteiger partial charge < -0.3 is 0 Å². The highest BCUT2D eigenvalue weighted by molar-refractivity contribution is 7.87. The molecular formula is C9H19N3O2S. The van der Waals surface area contributed by atoms with Crippen molar-refractivity contribution >= 4 is 10.2 Å². The Hall–Kier alpha value is -0.640. The van der Waals surface area contributed by atoms with Crippen LogP contribution in [0.1, 0.15) is 33.6 Å². The lowest BCUT2D eigenvalue weighted by Crippen LogP contribution is -2.43. The zero-order valence-electron chi connectivity index (χ0n) is 9.45. The Morgan fingerprint density at radius 3 is 2.40 bits per heavy atom. The van der Waals surface area contributed by atoms with Crippen molar-refractivity contribution in [1.29, 1.82) is 5.26 Å². The number of nitrogens with zero attached hydrogens (tertiary/aromatic N) is 1. The first kappa shape index (κ1) is 14.4. The number of nitrogens with one attached hydrogen (secondary N) is 2. The van der Waals surface area contributed by atoms with Crippen LogP contribution in [0.4, 0.5) is 0 Å². The Morgan fingerprint density at radius 2 is 2.00 bits per heavy atom. The van der Waals surface area contributed by atoms with Crippen LogP contribution < -0.4 is 9.44 Å². The lowest BCUT2D eigenvalue weighted by Gasteiger charge is -2.13. The Bertz CT molecular complexity index is 306. The zero-order chi connectivity index (χ0) is 11.9. The number of hydrogen-bond acceptors (Lipinski definition) is 3. The average molecular weight is 233 g/mol. The van der Waals surface area contributed by atoms with Crippen molar-refractivity contribution in [2.45, 2.75) is 39.7 Å². The molecule has 0 aromatic rings. The van der Waals surface area contributed by atoms with E-state index in [4.69, 9.17) is 5.26 Å². The largest absolute Gasteiger partial charge is 0.278 e. The van der Waals surface area contributed by atoms with E-state index in [1.165, 1.54) is 0 Å². The van der Waals surface area contributed by atoms with Crippen molar-refractivity contribution < 1.29 is 8.42 Å². The van der Waals surface area contributed by atoms with Gasteiger partial charge in [-0.1, -0.05) is 27.2 Å². The molecule has 15 heavy (non-hydrogen) atoms. The summed E-state index contributed by atoms with van der Waals surface area (Å²) in [7, 11) is -3.53. The third-order valence-corrected chi connectivity index (χ3v) is 2.85. The summed E-state index contributed by atoms with van der Waals surface area (Å²) < 4.78 is 27.5. The first-order valence-electron chi connectivity index (χ1n) is 5.07. The minimum Gasteiger partial charge on any atom is -0.202 e. The highest BCUT2D eigenvalue weighted by Gasteiger charge is 2.16. The molecule has 1 unspecified atom stereocenters. The first-order valence-corrected chi connectivity index (χ1v) is 6.56. The van der Waals surface area contributed by atoms with Crippen LogP contribution in [0, 0.1) is 17.2 Å². The standard InChI is InChI=1S/C9H19N3O2S/c1-4-5-9(6-10)12-15(13,14)11-7-8(2)3/h8-9,11-12H,4-5,7H2,1-3H3. The second-order valence-corrected chi connectivity index (χ2v) is 5.37. The fourth-order valence-electron chi connectivity index (χ4n) is 0.944. The molecular weight excluding hydrogens is 214 g/mol. The van der Waals surface area contributed by atoms with Crippen molar-refractivity contribution in [3.63, 3.8) is 0 Å². The normalized spacial score (nSPS) is 13.8. The van der Waals surface area contributed by atoms with Crippen LogP contribution in [-0.4, -0.2) is 21.0 Å². The Balaban J connectivity index is 4.18. The molecule has 2 N–H and O–H groups in total. The van der Waals surface area contributed by atoms with Crippen LogP contribution in [0.3, 0.4) is 0 Å². The predicted molar refractivity (Wildman–Crippen MR) is 59.2 cm³/mol. The summed E-state index contributed by atoms with van der Waals surface area (Å²) >= 11 is 0. The molecule has 0 aliphatic rings. The molecule has 0 rings (SSSR count). The fourth-order valence-corrected chi connectivity index (χ4v) is 2.13. The van der Waals surface area contributed by atoms with E-state index in [-0.39, 0.29) is 5.92 Å². The van der Waals surface area contributed by atoms with Crippen LogP contribution in [0.2, 0.25) is 0 Å². The minimum absolute atomic E-state index is 0.244. The van der Waals surface area contributed by atoms with Gasteiger partial charge in [-0.15, -0.1) is 0 Å². The number of nitriles is 1. The van der Waals surface area contributed by atoms with Crippen molar-refractivity contribution in [3.05, 3.63) is 0 Å². The molecule has 1 atom stereocenters. The van der Waals surface area contributed by atoms with E-state index in [9.17, 15) is 8.42 Å².